The maximum atomic E-state index is 14.4. The second-order valence-corrected chi connectivity index (χ2v) is 7.28. The number of benzene rings is 1. The van der Waals surface area contributed by atoms with Crippen molar-refractivity contribution in [1.82, 2.24) is 24.6 Å². The largest absolute Gasteiger partial charge is 0.433 e. The first-order valence-corrected chi connectivity index (χ1v) is 9.93. The first-order chi connectivity index (χ1) is 15.7. The van der Waals surface area contributed by atoms with Gasteiger partial charge in [0.15, 0.2) is 11.5 Å². The number of alkyl halides is 3. The van der Waals surface area contributed by atoms with Crippen molar-refractivity contribution in [3.05, 3.63) is 65.7 Å². The summed E-state index contributed by atoms with van der Waals surface area (Å²) in [6, 6.07) is 5.04. The molecule has 1 atom stereocenters. The molecule has 1 aromatic carbocycles. The highest BCUT2D eigenvalue weighted by atomic mass is 19.4. The van der Waals surface area contributed by atoms with Crippen molar-refractivity contribution in [2.45, 2.75) is 32.0 Å². The first-order valence-electron chi connectivity index (χ1n) is 9.93. The Balaban J connectivity index is 1.73. The lowest BCUT2D eigenvalue weighted by Gasteiger charge is -2.20. The molecule has 33 heavy (non-hydrogen) atoms. The predicted molar refractivity (Wildman–Crippen MR) is 111 cm³/mol. The molecule has 7 nitrogen and oxygen atoms in total. The Hall–Kier alpha value is -3.83. The summed E-state index contributed by atoms with van der Waals surface area (Å²) in [5, 5.41) is 7.08. The molecule has 4 aromatic rings. The maximum absolute atomic E-state index is 14.4. The van der Waals surface area contributed by atoms with E-state index in [0.717, 1.165) is 28.9 Å². The zero-order chi connectivity index (χ0) is 23.8. The number of nitrogens with zero attached hydrogens (tertiary/aromatic N) is 5. The number of rotatable bonds is 6. The number of nitrogens with one attached hydrogen (secondary N) is 1. The summed E-state index contributed by atoms with van der Waals surface area (Å²) < 4.78 is 68.2. The lowest BCUT2D eigenvalue weighted by Crippen LogP contribution is -2.14. The van der Waals surface area contributed by atoms with Gasteiger partial charge in [-0.25, -0.2) is 28.2 Å². The molecule has 172 valence electrons. The third-order valence-electron chi connectivity index (χ3n) is 4.96. The molecule has 0 saturated carbocycles. The molecule has 0 saturated heterocycles. The van der Waals surface area contributed by atoms with Crippen LogP contribution in [0.1, 0.15) is 37.1 Å². The monoisotopic (exact) mass is 463 g/mol. The van der Waals surface area contributed by atoms with Crippen LogP contribution in [0.5, 0.6) is 0 Å². The van der Waals surface area contributed by atoms with E-state index in [2.05, 4.69) is 25.4 Å². The van der Waals surface area contributed by atoms with Crippen molar-refractivity contribution in [2.75, 3.05) is 11.1 Å². The van der Waals surface area contributed by atoms with Gasteiger partial charge in [-0.1, -0.05) is 19.4 Å². The Morgan fingerprint density at radius 3 is 2.61 bits per heavy atom. The predicted octanol–water partition coefficient (Wildman–Crippen LogP) is 5.02. The van der Waals surface area contributed by atoms with Crippen LogP contribution in [0, 0.1) is 11.6 Å². The van der Waals surface area contributed by atoms with Gasteiger partial charge in [0.1, 0.15) is 29.5 Å². The van der Waals surface area contributed by atoms with Gasteiger partial charge >= 0.3 is 6.18 Å². The molecule has 0 unspecified atom stereocenters. The standard InChI is InChI=1S/C21H18F5N7/c1-2-3-14(12-5-4-11(22)8-13(12)23)30-17-9-15(28-10-29-17)18-19(27)32-33-7-6-16(21(24,25)26)31-20(18)33/h4-10,14H,2-3H2,1H3,(H2,27,32)(H,28,29,30)/t14-/m0/s1. The summed E-state index contributed by atoms with van der Waals surface area (Å²) in [4.78, 5) is 11.9. The summed E-state index contributed by atoms with van der Waals surface area (Å²) >= 11 is 0. The van der Waals surface area contributed by atoms with Crippen molar-refractivity contribution in [2.24, 2.45) is 0 Å². The lowest BCUT2D eigenvalue weighted by atomic mass is 10.0. The average Bonchev–Trinajstić information content (AvgIpc) is 3.08. The summed E-state index contributed by atoms with van der Waals surface area (Å²) in [5.41, 5.74) is 5.27. The summed E-state index contributed by atoms with van der Waals surface area (Å²) in [6.07, 6.45) is -1.14. The quantitative estimate of drug-likeness (QED) is 0.390. The lowest BCUT2D eigenvalue weighted by molar-refractivity contribution is -0.141. The van der Waals surface area contributed by atoms with Crippen molar-refractivity contribution < 1.29 is 22.0 Å². The number of halogens is 5. The van der Waals surface area contributed by atoms with Gasteiger partial charge < -0.3 is 11.1 Å². The van der Waals surface area contributed by atoms with Crippen LogP contribution in [0.25, 0.3) is 16.9 Å². The summed E-state index contributed by atoms with van der Waals surface area (Å²) in [6.45, 7) is 1.91. The highest BCUT2D eigenvalue weighted by Crippen LogP contribution is 2.33. The summed E-state index contributed by atoms with van der Waals surface area (Å²) in [5.74, 6) is -1.19. The van der Waals surface area contributed by atoms with Crippen molar-refractivity contribution >= 4 is 17.3 Å². The van der Waals surface area contributed by atoms with Crippen LogP contribution in [0.3, 0.4) is 0 Å². The number of hydrogen-bond acceptors (Lipinski definition) is 6. The van der Waals surface area contributed by atoms with Crippen LogP contribution in [-0.2, 0) is 6.18 Å². The minimum Gasteiger partial charge on any atom is -0.382 e. The van der Waals surface area contributed by atoms with Crippen LogP contribution in [-0.4, -0.2) is 24.6 Å². The van der Waals surface area contributed by atoms with E-state index in [-0.39, 0.29) is 34.1 Å². The van der Waals surface area contributed by atoms with Gasteiger partial charge in [-0.2, -0.15) is 13.2 Å². The van der Waals surface area contributed by atoms with E-state index in [9.17, 15) is 22.0 Å². The van der Waals surface area contributed by atoms with Crippen LogP contribution < -0.4 is 11.1 Å². The fourth-order valence-corrected chi connectivity index (χ4v) is 3.48. The highest BCUT2D eigenvalue weighted by molar-refractivity contribution is 5.85. The zero-order valence-corrected chi connectivity index (χ0v) is 17.2. The third kappa shape index (κ3) is 4.54. The Morgan fingerprint density at radius 1 is 1.12 bits per heavy atom. The number of fused-ring (bicyclic) bond motifs is 1. The van der Waals surface area contributed by atoms with Crippen molar-refractivity contribution in [1.29, 1.82) is 0 Å². The normalized spacial score (nSPS) is 12.8. The number of nitrogen functional groups attached to an aromatic ring is 1. The smallest absolute Gasteiger partial charge is 0.382 e. The van der Waals surface area contributed by atoms with E-state index in [1.54, 1.807) is 0 Å². The van der Waals surface area contributed by atoms with Crippen LogP contribution in [0.2, 0.25) is 0 Å². The van der Waals surface area contributed by atoms with Crippen LogP contribution >= 0.6 is 0 Å². The molecule has 0 aliphatic rings. The fraction of sp³-hybridized carbons (Fsp3) is 0.238. The molecule has 12 heteroatoms. The number of nitrogens with two attached hydrogens (primary N) is 1. The van der Waals surface area contributed by atoms with E-state index in [1.807, 2.05) is 6.92 Å². The minimum absolute atomic E-state index is 0.0684. The van der Waals surface area contributed by atoms with Gasteiger partial charge in [-0.3, -0.25) is 0 Å². The molecule has 0 radical (unpaired) electrons. The van der Waals surface area contributed by atoms with E-state index in [4.69, 9.17) is 5.73 Å². The minimum atomic E-state index is -4.65. The van der Waals surface area contributed by atoms with Gasteiger partial charge in [0.2, 0.25) is 0 Å². The second kappa shape index (κ2) is 8.60. The van der Waals surface area contributed by atoms with E-state index in [1.165, 1.54) is 18.5 Å². The summed E-state index contributed by atoms with van der Waals surface area (Å²) in [7, 11) is 0. The van der Waals surface area contributed by atoms with Crippen LogP contribution in [0.4, 0.5) is 33.6 Å². The number of aromatic nitrogens is 5. The van der Waals surface area contributed by atoms with Gasteiger partial charge in [0.05, 0.1) is 17.3 Å². The van der Waals surface area contributed by atoms with E-state index >= 15 is 0 Å². The molecule has 0 spiro atoms. The fourth-order valence-electron chi connectivity index (χ4n) is 3.48. The Labute approximate surface area is 184 Å². The molecule has 0 aliphatic carbocycles. The Bertz CT molecular complexity index is 1300. The molecule has 4 rings (SSSR count). The highest BCUT2D eigenvalue weighted by Gasteiger charge is 2.33. The van der Waals surface area contributed by atoms with Gasteiger partial charge in [-0.05, 0) is 18.6 Å². The SMILES string of the molecule is CCC[C@H](Nc1cc(-c2c(N)nn3ccc(C(F)(F)F)nc23)ncn1)c1ccc(F)cc1F. The molecule has 3 N–H and O–H groups in total. The van der Waals surface area contributed by atoms with Gasteiger partial charge in [-0.15, -0.1) is 5.10 Å². The second-order valence-electron chi connectivity index (χ2n) is 7.28. The average molecular weight is 463 g/mol. The Morgan fingerprint density at radius 2 is 1.91 bits per heavy atom. The number of hydrogen-bond donors (Lipinski definition) is 2. The molecule has 0 fully saturated rings. The molecule has 3 heterocycles. The molecular weight excluding hydrogens is 445 g/mol. The van der Waals surface area contributed by atoms with Gasteiger partial charge in [0, 0.05) is 23.9 Å². The zero-order valence-electron chi connectivity index (χ0n) is 17.2. The molecule has 3 aromatic heterocycles. The molecule has 0 bridgehead atoms. The molecular formula is C21H18F5N7. The van der Waals surface area contributed by atoms with Crippen molar-refractivity contribution in [3.8, 4) is 11.3 Å². The Kier molecular flexibility index (Phi) is 5.83. The van der Waals surface area contributed by atoms with Crippen LogP contribution in [0.15, 0.2) is 42.9 Å². The molecule has 0 aliphatic heterocycles. The van der Waals surface area contributed by atoms with Crippen molar-refractivity contribution in [3.63, 3.8) is 0 Å². The van der Waals surface area contributed by atoms with Gasteiger partial charge in [0.25, 0.3) is 0 Å². The third-order valence-corrected chi connectivity index (χ3v) is 4.96. The number of anilines is 2. The molecule has 0 amide bonds. The van der Waals surface area contributed by atoms with E-state index in [0.29, 0.717) is 12.8 Å². The topological polar surface area (TPSA) is 94.0 Å². The van der Waals surface area contributed by atoms with E-state index < -0.39 is 29.5 Å². The first kappa shape index (κ1) is 22.4. The maximum Gasteiger partial charge on any atom is 0.433 e.